The topological polar surface area (TPSA) is 107 Å². The highest BCUT2D eigenvalue weighted by atomic mass is 15.3. The predicted molar refractivity (Wildman–Crippen MR) is 94.6 cm³/mol. The van der Waals surface area contributed by atoms with Crippen molar-refractivity contribution < 1.29 is 0 Å². The molecule has 4 heterocycles. The van der Waals surface area contributed by atoms with E-state index in [0.29, 0.717) is 5.56 Å². The second-order valence-corrected chi connectivity index (χ2v) is 5.83. The molecule has 1 atom stereocenters. The molecule has 0 radical (unpaired) electrons. The zero-order chi connectivity index (χ0) is 17.9. The van der Waals surface area contributed by atoms with Crippen LogP contribution in [0.4, 0.5) is 0 Å². The molecule has 4 aromatic rings. The van der Waals surface area contributed by atoms with Crippen molar-refractivity contribution in [2.45, 2.75) is 12.5 Å². The van der Waals surface area contributed by atoms with Crippen LogP contribution < -0.4 is 0 Å². The second-order valence-electron chi connectivity index (χ2n) is 5.83. The van der Waals surface area contributed by atoms with Gasteiger partial charge in [-0.3, -0.25) is 14.6 Å². The van der Waals surface area contributed by atoms with Crippen LogP contribution in [0.1, 0.15) is 23.6 Å². The molecule has 0 fully saturated rings. The fourth-order valence-corrected chi connectivity index (χ4v) is 3.01. The number of pyridine rings is 2. The largest absolute Gasteiger partial charge is 0.360 e. The standard InChI is InChI=1S/C19H13N7/c20-3-1-19(14-5-13(6-21)7-22-8-14)26-12-15(9-25-26)17-10-23-11-18-16(17)2-4-24-18/h2,4-5,7-12,19,24H,1H2. The summed E-state index contributed by atoms with van der Waals surface area (Å²) in [6.07, 6.45) is 12.5. The zero-order valence-corrected chi connectivity index (χ0v) is 13.7. The average Bonchev–Trinajstić information content (AvgIpc) is 3.35. The van der Waals surface area contributed by atoms with E-state index < -0.39 is 0 Å². The number of nitrogens with one attached hydrogen (secondary N) is 1. The lowest BCUT2D eigenvalue weighted by Crippen LogP contribution is -2.11. The normalized spacial score (nSPS) is 11.8. The van der Waals surface area contributed by atoms with Gasteiger partial charge >= 0.3 is 0 Å². The molecule has 0 bridgehead atoms. The molecule has 1 N–H and O–H groups in total. The van der Waals surface area contributed by atoms with Crippen LogP contribution in [-0.4, -0.2) is 24.7 Å². The zero-order valence-electron chi connectivity index (χ0n) is 13.7. The Bertz CT molecular complexity index is 1160. The number of nitrogens with zero attached hydrogens (tertiary/aromatic N) is 6. The summed E-state index contributed by atoms with van der Waals surface area (Å²) in [7, 11) is 0. The second kappa shape index (κ2) is 6.50. The van der Waals surface area contributed by atoms with Gasteiger partial charge in [-0.15, -0.1) is 0 Å². The monoisotopic (exact) mass is 339 g/mol. The van der Waals surface area contributed by atoms with Gasteiger partial charge in [0.05, 0.1) is 42.0 Å². The number of aromatic amines is 1. The van der Waals surface area contributed by atoms with Crippen molar-refractivity contribution in [2.24, 2.45) is 0 Å². The summed E-state index contributed by atoms with van der Waals surface area (Å²) in [6, 6.07) is 7.69. The summed E-state index contributed by atoms with van der Waals surface area (Å²) in [6.45, 7) is 0. The summed E-state index contributed by atoms with van der Waals surface area (Å²) in [5, 5.41) is 23.8. The minimum absolute atomic E-state index is 0.226. The third kappa shape index (κ3) is 2.68. The predicted octanol–water partition coefficient (Wildman–Crippen LogP) is 3.20. The van der Waals surface area contributed by atoms with Crippen molar-refractivity contribution in [1.29, 1.82) is 10.5 Å². The van der Waals surface area contributed by atoms with Crippen molar-refractivity contribution in [3.8, 4) is 23.3 Å². The maximum atomic E-state index is 9.23. The molecule has 0 saturated carbocycles. The molecule has 0 aliphatic carbocycles. The number of nitriles is 2. The first-order valence-corrected chi connectivity index (χ1v) is 7.98. The molecule has 0 aromatic carbocycles. The summed E-state index contributed by atoms with van der Waals surface area (Å²) in [5.41, 5.74) is 4.07. The van der Waals surface area contributed by atoms with E-state index in [-0.39, 0.29) is 12.5 Å². The first-order chi connectivity index (χ1) is 12.8. The molecule has 4 rings (SSSR count). The minimum atomic E-state index is -0.312. The Morgan fingerprint density at radius 2 is 2.00 bits per heavy atom. The van der Waals surface area contributed by atoms with Gasteiger partial charge in [-0.25, -0.2) is 0 Å². The van der Waals surface area contributed by atoms with Gasteiger partial charge in [0, 0.05) is 47.5 Å². The van der Waals surface area contributed by atoms with E-state index in [4.69, 9.17) is 5.26 Å². The van der Waals surface area contributed by atoms with Crippen LogP contribution in [0.5, 0.6) is 0 Å². The van der Waals surface area contributed by atoms with Crippen molar-refractivity contribution in [3.63, 3.8) is 0 Å². The Balaban J connectivity index is 1.76. The lowest BCUT2D eigenvalue weighted by atomic mass is 10.0. The molecule has 0 aliphatic rings. The summed E-state index contributed by atoms with van der Waals surface area (Å²) in [4.78, 5) is 11.5. The van der Waals surface area contributed by atoms with Gasteiger partial charge in [0.2, 0.25) is 0 Å². The van der Waals surface area contributed by atoms with Crippen molar-refractivity contribution in [2.75, 3.05) is 0 Å². The van der Waals surface area contributed by atoms with Crippen LogP contribution in [0.3, 0.4) is 0 Å². The van der Waals surface area contributed by atoms with Gasteiger partial charge in [0.25, 0.3) is 0 Å². The minimum Gasteiger partial charge on any atom is -0.360 e. The van der Waals surface area contributed by atoms with E-state index in [1.807, 2.05) is 18.5 Å². The van der Waals surface area contributed by atoms with Crippen LogP contribution in [0, 0.1) is 22.7 Å². The van der Waals surface area contributed by atoms with Gasteiger partial charge in [-0.05, 0) is 17.7 Å². The van der Waals surface area contributed by atoms with E-state index in [0.717, 1.165) is 27.6 Å². The highest BCUT2D eigenvalue weighted by molar-refractivity contribution is 5.93. The molecular formula is C19H13N7. The molecule has 0 spiro atoms. The van der Waals surface area contributed by atoms with Gasteiger partial charge in [-0.2, -0.15) is 15.6 Å². The summed E-state index contributed by atoms with van der Waals surface area (Å²) in [5.74, 6) is 0. The molecule has 26 heavy (non-hydrogen) atoms. The Morgan fingerprint density at radius 3 is 2.85 bits per heavy atom. The number of hydrogen-bond acceptors (Lipinski definition) is 5. The van der Waals surface area contributed by atoms with Crippen LogP contribution in [-0.2, 0) is 0 Å². The van der Waals surface area contributed by atoms with Crippen molar-refractivity contribution in [1.82, 2.24) is 24.7 Å². The van der Waals surface area contributed by atoms with Crippen LogP contribution >= 0.6 is 0 Å². The number of rotatable bonds is 4. The Morgan fingerprint density at radius 1 is 1.12 bits per heavy atom. The Labute approximate surface area is 149 Å². The van der Waals surface area contributed by atoms with Gasteiger partial charge in [-0.1, -0.05) is 0 Å². The fourth-order valence-electron chi connectivity index (χ4n) is 3.01. The number of hydrogen-bond donors (Lipinski definition) is 1. The SMILES string of the molecule is N#CCC(c1cncc(C#N)c1)n1cc(-c2cncc3[nH]ccc23)cn1. The molecule has 1 unspecified atom stereocenters. The van der Waals surface area contributed by atoms with Crippen LogP contribution in [0.2, 0.25) is 0 Å². The molecule has 0 saturated heterocycles. The highest BCUT2D eigenvalue weighted by Crippen LogP contribution is 2.29. The van der Waals surface area contributed by atoms with Gasteiger partial charge in [0.1, 0.15) is 6.07 Å². The number of H-pyrrole nitrogens is 1. The third-order valence-corrected chi connectivity index (χ3v) is 4.27. The number of fused-ring (bicyclic) bond motifs is 1. The first-order valence-electron chi connectivity index (χ1n) is 7.98. The maximum Gasteiger partial charge on any atom is 0.101 e. The van der Waals surface area contributed by atoms with E-state index in [1.54, 1.807) is 35.5 Å². The van der Waals surface area contributed by atoms with Crippen LogP contribution in [0.25, 0.3) is 22.0 Å². The van der Waals surface area contributed by atoms with Gasteiger partial charge < -0.3 is 4.98 Å². The molecule has 0 aliphatic heterocycles. The Hall–Kier alpha value is -3.97. The number of aromatic nitrogens is 5. The summed E-state index contributed by atoms with van der Waals surface area (Å²) < 4.78 is 1.74. The van der Waals surface area contributed by atoms with Gasteiger partial charge in [0.15, 0.2) is 0 Å². The summed E-state index contributed by atoms with van der Waals surface area (Å²) >= 11 is 0. The molecule has 7 heteroatoms. The third-order valence-electron chi connectivity index (χ3n) is 4.27. The van der Waals surface area contributed by atoms with E-state index in [2.05, 4.69) is 32.2 Å². The molecule has 0 amide bonds. The van der Waals surface area contributed by atoms with Crippen molar-refractivity contribution >= 4 is 10.9 Å². The highest BCUT2D eigenvalue weighted by Gasteiger charge is 2.17. The Kier molecular flexibility index (Phi) is 3.89. The van der Waals surface area contributed by atoms with E-state index in [9.17, 15) is 5.26 Å². The lowest BCUT2D eigenvalue weighted by Gasteiger charge is -2.14. The maximum absolute atomic E-state index is 9.23. The fraction of sp³-hybridized carbons (Fsp3) is 0.105. The first kappa shape index (κ1) is 15.6. The van der Waals surface area contributed by atoms with Crippen molar-refractivity contribution in [3.05, 3.63) is 66.6 Å². The van der Waals surface area contributed by atoms with E-state index in [1.165, 1.54) is 6.20 Å². The quantitative estimate of drug-likeness (QED) is 0.614. The molecule has 124 valence electrons. The smallest absolute Gasteiger partial charge is 0.101 e. The van der Waals surface area contributed by atoms with Crippen LogP contribution in [0.15, 0.2) is 55.5 Å². The average molecular weight is 339 g/mol. The lowest BCUT2D eigenvalue weighted by molar-refractivity contribution is 0.531. The van der Waals surface area contributed by atoms with E-state index >= 15 is 0 Å². The molecule has 4 aromatic heterocycles. The molecule has 7 nitrogen and oxygen atoms in total. The molecular weight excluding hydrogens is 326 g/mol.